The highest BCUT2D eigenvalue weighted by Gasteiger charge is 2.14. The average molecular weight is 342 g/mol. The van der Waals surface area contributed by atoms with E-state index in [9.17, 15) is 0 Å². The van der Waals surface area contributed by atoms with Gasteiger partial charge in [0.05, 0.1) is 0 Å². The Morgan fingerprint density at radius 1 is 0.731 bits per heavy atom. The van der Waals surface area contributed by atoms with Crippen LogP contribution in [0.25, 0.3) is 32.3 Å². The standard InChI is InChI=1S/C24H26N2/c1-25-14-16-26(17-15-25)13-3-6-18-7-8-21-10-9-19-4-2-5-20-11-12-22(18)24(21)23(19)20/h2,4-5,7-12H,3,6,13-17H2,1H3. The van der Waals surface area contributed by atoms with Gasteiger partial charge in [0, 0.05) is 26.2 Å². The van der Waals surface area contributed by atoms with Gasteiger partial charge in [-0.2, -0.15) is 0 Å². The number of hydrogen-bond donors (Lipinski definition) is 0. The Hall–Kier alpha value is -2.16. The molecular weight excluding hydrogens is 316 g/mol. The predicted octanol–water partition coefficient (Wildman–Crippen LogP) is 4.76. The van der Waals surface area contributed by atoms with Crippen LogP contribution in [-0.4, -0.2) is 49.6 Å². The molecule has 0 atom stereocenters. The van der Waals surface area contributed by atoms with Crippen LogP contribution in [0.4, 0.5) is 0 Å². The Labute approximate surface area is 155 Å². The molecule has 1 saturated heterocycles. The van der Waals surface area contributed by atoms with Gasteiger partial charge in [-0.05, 0) is 64.3 Å². The van der Waals surface area contributed by atoms with Crippen molar-refractivity contribution in [2.45, 2.75) is 12.8 Å². The molecule has 132 valence electrons. The fourth-order valence-electron chi connectivity index (χ4n) is 4.58. The van der Waals surface area contributed by atoms with Crippen LogP contribution < -0.4 is 0 Å². The number of likely N-dealkylation sites (N-methyl/N-ethyl adjacent to an activating group) is 1. The minimum atomic E-state index is 1.17. The molecule has 2 nitrogen and oxygen atoms in total. The van der Waals surface area contributed by atoms with E-state index in [0.717, 1.165) is 0 Å². The van der Waals surface area contributed by atoms with Gasteiger partial charge in [0.1, 0.15) is 0 Å². The van der Waals surface area contributed by atoms with E-state index >= 15 is 0 Å². The van der Waals surface area contributed by atoms with Crippen LogP contribution in [0.1, 0.15) is 12.0 Å². The molecule has 0 aromatic heterocycles. The molecule has 1 aliphatic heterocycles. The van der Waals surface area contributed by atoms with Crippen molar-refractivity contribution in [3.05, 3.63) is 60.2 Å². The number of piperazine rings is 1. The quantitative estimate of drug-likeness (QED) is 0.493. The normalized spacial score (nSPS) is 17.0. The smallest absolute Gasteiger partial charge is 0.0110 e. The second kappa shape index (κ2) is 6.53. The molecule has 1 fully saturated rings. The summed E-state index contributed by atoms with van der Waals surface area (Å²) in [5.41, 5.74) is 1.50. The van der Waals surface area contributed by atoms with Gasteiger partial charge in [-0.15, -0.1) is 0 Å². The van der Waals surface area contributed by atoms with Gasteiger partial charge in [-0.25, -0.2) is 0 Å². The van der Waals surface area contributed by atoms with Crippen LogP contribution in [-0.2, 0) is 6.42 Å². The zero-order chi connectivity index (χ0) is 17.5. The lowest BCUT2D eigenvalue weighted by Crippen LogP contribution is -2.44. The molecule has 26 heavy (non-hydrogen) atoms. The van der Waals surface area contributed by atoms with Gasteiger partial charge < -0.3 is 9.80 Å². The van der Waals surface area contributed by atoms with E-state index in [4.69, 9.17) is 0 Å². The molecule has 4 aromatic rings. The highest BCUT2D eigenvalue weighted by molar-refractivity contribution is 6.23. The molecule has 1 aliphatic rings. The molecule has 0 unspecified atom stereocenters. The van der Waals surface area contributed by atoms with Gasteiger partial charge in [-0.1, -0.05) is 54.6 Å². The molecule has 0 spiro atoms. The number of benzene rings is 4. The molecule has 2 heteroatoms. The van der Waals surface area contributed by atoms with E-state index in [2.05, 4.69) is 71.4 Å². The summed E-state index contributed by atoms with van der Waals surface area (Å²) in [7, 11) is 2.22. The Morgan fingerprint density at radius 3 is 2.15 bits per heavy atom. The van der Waals surface area contributed by atoms with E-state index in [0.29, 0.717) is 0 Å². The average Bonchev–Trinajstić information content (AvgIpc) is 2.68. The van der Waals surface area contributed by atoms with Crippen LogP contribution >= 0.6 is 0 Å². The van der Waals surface area contributed by atoms with Crippen LogP contribution in [0.5, 0.6) is 0 Å². The maximum absolute atomic E-state index is 2.62. The SMILES string of the molecule is CN1CCN(CCCc2ccc3ccc4cccc5ccc2c3c45)CC1. The molecule has 0 N–H and O–H groups in total. The van der Waals surface area contributed by atoms with Crippen molar-refractivity contribution in [2.75, 3.05) is 39.8 Å². The highest BCUT2D eigenvalue weighted by Crippen LogP contribution is 2.36. The fraction of sp³-hybridized carbons (Fsp3) is 0.333. The largest absolute Gasteiger partial charge is 0.304 e. The molecular formula is C24H26N2. The minimum Gasteiger partial charge on any atom is -0.304 e. The summed E-state index contributed by atoms with van der Waals surface area (Å²) in [5, 5.41) is 8.42. The van der Waals surface area contributed by atoms with Gasteiger partial charge in [-0.3, -0.25) is 0 Å². The lowest BCUT2D eigenvalue weighted by molar-refractivity contribution is 0.153. The molecule has 4 aromatic carbocycles. The van der Waals surface area contributed by atoms with Crippen molar-refractivity contribution < 1.29 is 0 Å². The maximum Gasteiger partial charge on any atom is 0.0110 e. The lowest BCUT2D eigenvalue weighted by atomic mass is 9.91. The topological polar surface area (TPSA) is 6.48 Å². The summed E-state index contributed by atoms with van der Waals surface area (Å²) in [4.78, 5) is 5.05. The van der Waals surface area contributed by atoms with E-state index in [1.54, 1.807) is 0 Å². The van der Waals surface area contributed by atoms with E-state index in [1.807, 2.05) is 0 Å². The van der Waals surface area contributed by atoms with Gasteiger partial charge >= 0.3 is 0 Å². The van der Waals surface area contributed by atoms with E-state index in [-0.39, 0.29) is 0 Å². The lowest BCUT2D eigenvalue weighted by Gasteiger charge is -2.32. The number of hydrogen-bond acceptors (Lipinski definition) is 2. The van der Waals surface area contributed by atoms with Crippen molar-refractivity contribution >= 4 is 32.3 Å². The molecule has 0 bridgehead atoms. The Kier molecular flexibility index (Phi) is 4.03. The van der Waals surface area contributed by atoms with Gasteiger partial charge in [0.15, 0.2) is 0 Å². The van der Waals surface area contributed by atoms with Crippen molar-refractivity contribution in [3.8, 4) is 0 Å². The first kappa shape index (κ1) is 16.0. The Morgan fingerprint density at radius 2 is 1.38 bits per heavy atom. The third-order valence-corrected chi connectivity index (χ3v) is 6.14. The summed E-state index contributed by atoms with van der Waals surface area (Å²) in [6.07, 6.45) is 2.41. The molecule has 0 aliphatic carbocycles. The second-order valence-corrected chi connectivity index (χ2v) is 7.83. The molecule has 0 saturated carbocycles. The van der Waals surface area contributed by atoms with E-state index < -0.39 is 0 Å². The van der Waals surface area contributed by atoms with Crippen molar-refractivity contribution in [1.82, 2.24) is 9.80 Å². The van der Waals surface area contributed by atoms with Crippen molar-refractivity contribution in [1.29, 1.82) is 0 Å². The molecule has 0 amide bonds. The van der Waals surface area contributed by atoms with Crippen LogP contribution in [0.3, 0.4) is 0 Å². The number of nitrogens with zero attached hydrogens (tertiary/aromatic N) is 2. The zero-order valence-corrected chi connectivity index (χ0v) is 15.5. The number of aryl methyl sites for hydroxylation is 1. The van der Waals surface area contributed by atoms with Gasteiger partial charge in [0.25, 0.3) is 0 Å². The second-order valence-electron chi connectivity index (χ2n) is 7.83. The van der Waals surface area contributed by atoms with Crippen LogP contribution in [0, 0.1) is 0 Å². The minimum absolute atomic E-state index is 1.17. The van der Waals surface area contributed by atoms with Gasteiger partial charge in [0.2, 0.25) is 0 Å². The fourth-order valence-corrected chi connectivity index (χ4v) is 4.58. The molecule has 0 radical (unpaired) electrons. The summed E-state index contributed by atoms with van der Waals surface area (Å²) < 4.78 is 0. The van der Waals surface area contributed by atoms with Crippen LogP contribution in [0.15, 0.2) is 54.6 Å². The van der Waals surface area contributed by atoms with Crippen LogP contribution in [0.2, 0.25) is 0 Å². The summed E-state index contributed by atoms with van der Waals surface area (Å²) in [5.74, 6) is 0. The first-order chi connectivity index (χ1) is 12.8. The van der Waals surface area contributed by atoms with E-state index in [1.165, 1.54) is 83.4 Å². The molecule has 1 heterocycles. The highest BCUT2D eigenvalue weighted by atomic mass is 15.2. The summed E-state index contributed by atoms with van der Waals surface area (Å²) in [6, 6.07) is 20.5. The first-order valence-corrected chi connectivity index (χ1v) is 9.86. The summed E-state index contributed by atoms with van der Waals surface area (Å²) in [6.45, 7) is 6.07. The maximum atomic E-state index is 2.62. The monoisotopic (exact) mass is 342 g/mol. The zero-order valence-electron chi connectivity index (χ0n) is 15.5. The first-order valence-electron chi connectivity index (χ1n) is 9.86. The number of rotatable bonds is 4. The Bertz CT molecular complexity index is 1030. The third-order valence-electron chi connectivity index (χ3n) is 6.14. The molecule has 5 rings (SSSR count). The summed E-state index contributed by atoms with van der Waals surface area (Å²) >= 11 is 0. The predicted molar refractivity (Wildman–Crippen MR) is 112 cm³/mol. The van der Waals surface area contributed by atoms with Crippen molar-refractivity contribution in [3.63, 3.8) is 0 Å². The third kappa shape index (κ3) is 2.74. The Balaban J connectivity index is 1.44. The van der Waals surface area contributed by atoms with Crippen molar-refractivity contribution in [2.24, 2.45) is 0 Å².